The van der Waals surface area contributed by atoms with Gasteiger partial charge in [0.05, 0.1) is 13.2 Å². The van der Waals surface area contributed by atoms with Gasteiger partial charge in [-0.3, -0.25) is 4.79 Å². The molecule has 3 heteroatoms. The lowest BCUT2D eigenvalue weighted by Gasteiger charge is -2.11. The van der Waals surface area contributed by atoms with Crippen LogP contribution in [0.15, 0.2) is 18.2 Å². The molecule has 0 aromatic heterocycles. The number of ketones is 1. The summed E-state index contributed by atoms with van der Waals surface area (Å²) in [4.78, 5) is 11.8. The lowest BCUT2D eigenvalue weighted by molar-refractivity contribution is 0.0981. The zero-order valence-electron chi connectivity index (χ0n) is 10.8. The Morgan fingerprint density at radius 2 is 1.71 bits per heavy atom. The summed E-state index contributed by atoms with van der Waals surface area (Å²) in [6, 6.07) is 5.37. The summed E-state index contributed by atoms with van der Waals surface area (Å²) in [6.45, 7) is 6.98. The van der Waals surface area contributed by atoms with Gasteiger partial charge in [-0.2, -0.15) is 0 Å². The van der Waals surface area contributed by atoms with Crippen molar-refractivity contribution >= 4 is 5.78 Å². The number of carbonyl (C=O) groups is 1. The molecule has 0 spiro atoms. The number of rotatable bonds is 7. The summed E-state index contributed by atoms with van der Waals surface area (Å²) in [6.07, 6.45) is 1.43. The molecule has 1 aromatic carbocycles. The molecule has 0 saturated carbocycles. The normalized spacial score (nSPS) is 10.1. The third-order valence-electron chi connectivity index (χ3n) is 2.34. The molecule has 0 saturated heterocycles. The first-order valence-electron chi connectivity index (χ1n) is 6.15. The van der Waals surface area contributed by atoms with Crippen LogP contribution in [0.1, 0.15) is 44.0 Å². The molecule has 0 N–H and O–H groups in total. The second kappa shape index (κ2) is 6.94. The Hall–Kier alpha value is -1.51. The Balaban J connectivity index is 2.95. The van der Waals surface area contributed by atoms with Gasteiger partial charge < -0.3 is 9.47 Å². The Morgan fingerprint density at radius 3 is 2.29 bits per heavy atom. The van der Waals surface area contributed by atoms with Crippen LogP contribution in [0.5, 0.6) is 11.5 Å². The van der Waals surface area contributed by atoms with E-state index in [4.69, 9.17) is 9.47 Å². The molecule has 0 aliphatic carbocycles. The Bertz CT molecular complexity index is 372. The standard InChI is InChI=1S/C14H20O3/c1-4-7-12(15)11-8-9-13(16-5-2)14(10-11)17-6-3/h8-10H,4-7H2,1-3H3. The molecule has 0 aliphatic heterocycles. The van der Waals surface area contributed by atoms with Crippen LogP contribution in [0.3, 0.4) is 0 Å². The molecule has 1 aromatic rings. The van der Waals surface area contributed by atoms with Crippen molar-refractivity contribution in [3.63, 3.8) is 0 Å². The van der Waals surface area contributed by atoms with Crippen LogP contribution in [-0.4, -0.2) is 19.0 Å². The highest BCUT2D eigenvalue weighted by Crippen LogP contribution is 2.29. The van der Waals surface area contributed by atoms with E-state index in [9.17, 15) is 4.79 Å². The number of Topliss-reactive ketones (excluding diaryl/α,β-unsaturated/α-hetero) is 1. The molecule has 0 aliphatic rings. The molecule has 94 valence electrons. The van der Waals surface area contributed by atoms with E-state index in [2.05, 4.69) is 0 Å². The molecule has 0 unspecified atom stereocenters. The smallest absolute Gasteiger partial charge is 0.163 e. The summed E-state index contributed by atoms with van der Waals surface area (Å²) < 4.78 is 10.9. The predicted octanol–water partition coefficient (Wildman–Crippen LogP) is 3.47. The van der Waals surface area contributed by atoms with Crippen LogP contribution < -0.4 is 9.47 Å². The van der Waals surface area contributed by atoms with E-state index in [1.54, 1.807) is 18.2 Å². The molecule has 0 bridgehead atoms. The zero-order valence-corrected chi connectivity index (χ0v) is 10.8. The maximum atomic E-state index is 11.8. The van der Waals surface area contributed by atoms with Crippen LogP contribution in [-0.2, 0) is 0 Å². The second-order valence-corrected chi connectivity index (χ2v) is 3.70. The van der Waals surface area contributed by atoms with Crippen molar-refractivity contribution in [3.8, 4) is 11.5 Å². The monoisotopic (exact) mass is 236 g/mol. The molecule has 0 radical (unpaired) electrons. The first-order chi connectivity index (χ1) is 8.22. The number of benzene rings is 1. The molecule has 17 heavy (non-hydrogen) atoms. The van der Waals surface area contributed by atoms with Crippen LogP contribution in [0, 0.1) is 0 Å². The summed E-state index contributed by atoms with van der Waals surface area (Å²) in [5, 5.41) is 0. The highest BCUT2D eigenvalue weighted by molar-refractivity contribution is 5.96. The third kappa shape index (κ3) is 3.77. The maximum absolute atomic E-state index is 11.8. The van der Waals surface area contributed by atoms with Gasteiger partial charge in [0.2, 0.25) is 0 Å². The first-order valence-corrected chi connectivity index (χ1v) is 6.15. The quantitative estimate of drug-likeness (QED) is 0.680. The molecule has 1 rings (SSSR count). The highest BCUT2D eigenvalue weighted by Gasteiger charge is 2.10. The van der Waals surface area contributed by atoms with Gasteiger partial charge in [0.1, 0.15) is 0 Å². The lowest BCUT2D eigenvalue weighted by Crippen LogP contribution is -2.02. The van der Waals surface area contributed by atoms with Gasteiger partial charge in [-0.1, -0.05) is 6.92 Å². The zero-order chi connectivity index (χ0) is 12.7. The molecule has 3 nitrogen and oxygen atoms in total. The molecular formula is C14H20O3. The minimum atomic E-state index is 0.150. The fraction of sp³-hybridized carbons (Fsp3) is 0.500. The van der Waals surface area contributed by atoms with Gasteiger partial charge in [-0.15, -0.1) is 0 Å². The number of ether oxygens (including phenoxy) is 2. The summed E-state index contributed by atoms with van der Waals surface area (Å²) >= 11 is 0. The van der Waals surface area contributed by atoms with Crippen molar-refractivity contribution < 1.29 is 14.3 Å². The summed E-state index contributed by atoms with van der Waals surface area (Å²) in [5.74, 6) is 1.50. The van der Waals surface area contributed by atoms with Crippen LogP contribution in [0.4, 0.5) is 0 Å². The van der Waals surface area contributed by atoms with Crippen molar-refractivity contribution in [3.05, 3.63) is 23.8 Å². The van der Waals surface area contributed by atoms with Gasteiger partial charge in [-0.25, -0.2) is 0 Å². The summed E-state index contributed by atoms with van der Waals surface area (Å²) in [7, 11) is 0. The van der Waals surface area contributed by atoms with Crippen LogP contribution >= 0.6 is 0 Å². The van der Waals surface area contributed by atoms with E-state index in [0.29, 0.717) is 36.7 Å². The summed E-state index contributed by atoms with van der Waals surface area (Å²) in [5.41, 5.74) is 0.693. The SMILES string of the molecule is CCCC(=O)c1ccc(OCC)c(OCC)c1. The van der Waals surface area contributed by atoms with Gasteiger partial charge in [-0.05, 0) is 38.5 Å². The second-order valence-electron chi connectivity index (χ2n) is 3.70. The molecular weight excluding hydrogens is 216 g/mol. The predicted molar refractivity (Wildman–Crippen MR) is 68.0 cm³/mol. The Labute approximate surface area is 103 Å². The van der Waals surface area contributed by atoms with Crippen molar-refractivity contribution in [1.29, 1.82) is 0 Å². The largest absolute Gasteiger partial charge is 0.490 e. The van der Waals surface area contributed by atoms with Gasteiger partial charge in [0.15, 0.2) is 17.3 Å². The number of hydrogen-bond donors (Lipinski definition) is 0. The molecule has 0 fully saturated rings. The van der Waals surface area contributed by atoms with E-state index in [1.165, 1.54) is 0 Å². The van der Waals surface area contributed by atoms with Crippen molar-refractivity contribution in [2.75, 3.05) is 13.2 Å². The first kappa shape index (κ1) is 13.6. The Kier molecular flexibility index (Phi) is 5.53. The minimum Gasteiger partial charge on any atom is -0.490 e. The minimum absolute atomic E-state index is 0.150. The van der Waals surface area contributed by atoms with Crippen molar-refractivity contribution in [1.82, 2.24) is 0 Å². The topological polar surface area (TPSA) is 35.5 Å². The van der Waals surface area contributed by atoms with Gasteiger partial charge >= 0.3 is 0 Å². The fourth-order valence-electron chi connectivity index (χ4n) is 1.60. The van der Waals surface area contributed by atoms with Gasteiger partial charge in [0, 0.05) is 12.0 Å². The van der Waals surface area contributed by atoms with E-state index in [0.717, 1.165) is 6.42 Å². The van der Waals surface area contributed by atoms with E-state index >= 15 is 0 Å². The van der Waals surface area contributed by atoms with Crippen molar-refractivity contribution in [2.24, 2.45) is 0 Å². The van der Waals surface area contributed by atoms with E-state index in [1.807, 2.05) is 20.8 Å². The third-order valence-corrected chi connectivity index (χ3v) is 2.34. The fourth-order valence-corrected chi connectivity index (χ4v) is 1.60. The number of carbonyl (C=O) groups excluding carboxylic acids is 1. The lowest BCUT2D eigenvalue weighted by atomic mass is 10.1. The molecule has 0 heterocycles. The molecule has 0 amide bonds. The van der Waals surface area contributed by atoms with Crippen molar-refractivity contribution in [2.45, 2.75) is 33.6 Å². The maximum Gasteiger partial charge on any atom is 0.163 e. The average Bonchev–Trinajstić information content (AvgIpc) is 2.32. The number of hydrogen-bond acceptors (Lipinski definition) is 3. The highest BCUT2D eigenvalue weighted by atomic mass is 16.5. The van der Waals surface area contributed by atoms with Crippen LogP contribution in [0.25, 0.3) is 0 Å². The van der Waals surface area contributed by atoms with Gasteiger partial charge in [0.25, 0.3) is 0 Å². The van der Waals surface area contributed by atoms with E-state index < -0.39 is 0 Å². The Morgan fingerprint density at radius 1 is 1.06 bits per heavy atom. The average molecular weight is 236 g/mol. The molecule has 0 atom stereocenters. The van der Waals surface area contributed by atoms with E-state index in [-0.39, 0.29) is 5.78 Å². The van der Waals surface area contributed by atoms with Crippen LogP contribution in [0.2, 0.25) is 0 Å².